The fourth-order valence-electron chi connectivity index (χ4n) is 2.85. The normalized spacial score (nSPS) is 22.4. The van der Waals surface area contributed by atoms with Gasteiger partial charge in [-0.3, -0.25) is 11.3 Å². The molecule has 1 fully saturated rings. The third-order valence-corrected chi connectivity index (χ3v) is 4.53. The van der Waals surface area contributed by atoms with E-state index in [0.29, 0.717) is 6.04 Å². The number of hydrazine groups is 1. The highest BCUT2D eigenvalue weighted by Gasteiger charge is 2.25. The first kappa shape index (κ1) is 16.6. The minimum atomic E-state index is -0.383. The van der Waals surface area contributed by atoms with Crippen molar-refractivity contribution in [2.75, 3.05) is 33.7 Å². The number of nitrogens with two attached hydrogens (primary N) is 1. The molecule has 1 aliphatic heterocycles. The fraction of sp³-hybridized carbons (Fsp3) is 0.600. The second-order valence-electron chi connectivity index (χ2n) is 5.95. The van der Waals surface area contributed by atoms with Crippen LogP contribution in [0.2, 0.25) is 5.02 Å². The van der Waals surface area contributed by atoms with Crippen molar-refractivity contribution in [1.29, 1.82) is 0 Å². The van der Waals surface area contributed by atoms with E-state index in [2.05, 4.69) is 29.3 Å². The molecule has 0 spiro atoms. The van der Waals surface area contributed by atoms with Gasteiger partial charge in [-0.25, -0.2) is 4.39 Å². The smallest absolute Gasteiger partial charge is 0.141 e. The van der Waals surface area contributed by atoms with Crippen LogP contribution in [-0.2, 0) is 6.42 Å². The maximum Gasteiger partial charge on any atom is 0.141 e. The van der Waals surface area contributed by atoms with Gasteiger partial charge >= 0.3 is 0 Å². The zero-order valence-corrected chi connectivity index (χ0v) is 13.4. The number of piperazine rings is 1. The van der Waals surface area contributed by atoms with E-state index in [1.54, 1.807) is 12.1 Å². The Kier molecular flexibility index (Phi) is 5.96. The van der Waals surface area contributed by atoms with E-state index in [9.17, 15) is 4.39 Å². The van der Waals surface area contributed by atoms with Crippen molar-refractivity contribution >= 4 is 11.6 Å². The van der Waals surface area contributed by atoms with Crippen molar-refractivity contribution in [3.05, 3.63) is 34.6 Å². The number of likely N-dealkylation sites (N-methyl/N-ethyl adjacent to an activating group) is 2. The summed E-state index contributed by atoms with van der Waals surface area (Å²) in [5, 5.41) is 0.165. The van der Waals surface area contributed by atoms with Gasteiger partial charge in [0.15, 0.2) is 0 Å². The molecule has 2 atom stereocenters. The predicted octanol–water partition coefficient (Wildman–Crippen LogP) is 1.49. The van der Waals surface area contributed by atoms with E-state index in [4.69, 9.17) is 17.4 Å². The van der Waals surface area contributed by atoms with Crippen molar-refractivity contribution < 1.29 is 4.39 Å². The van der Waals surface area contributed by atoms with Crippen LogP contribution < -0.4 is 11.3 Å². The molecule has 0 aliphatic carbocycles. The summed E-state index contributed by atoms with van der Waals surface area (Å²) in [7, 11) is 4.30. The van der Waals surface area contributed by atoms with Gasteiger partial charge in [0, 0.05) is 31.7 Å². The third kappa shape index (κ3) is 4.63. The second kappa shape index (κ2) is 7.51. The monoisotopic (exact) mass is 314 g/mol. The Balaban J connectivity index is 1.97. The molecule has 1 aromatic carbocycles. The van der Waals surface area contributed by atoms with Gasteiger partial charge in [0.05, 0.1) is 5.02 Å². The number of rotatable bonds is 5. The summed E-state index contributed by atoms with van der Waals surface area (Å²) in [6.45, 7) is 3.21. The van der Waals surface area contributed by atoms with Gasteiger partial charge in [0.1, 0.15) is 5.82 Å². The van der Waals surface area contributed by atoms with E-state index < -0.39 is 0 Å². The number of halogens is 2. The van der Waals surface area contributed by atoms with Gasteiger partial charge in [0.25, 0.3) is 0 Å². The van der Waals surface area contributed by atoms with Crippen molar-refractivity contribution in [2.45, 2.75) is 24.9 Å². The molecule has 1 aromatic rings. The molecule has 0 radical (unpaired) electrons. The summed E-state index contributed by atoms with van der Waals surface area (Å²) in [5.74, 6) is 5.31. The molecule has 2 unspecified atom stereocenters. The van der Waals surface area contributed by atoms with E-state index >= 15 is 0 Å². The number of hydrogen-bond acceptors (Lipinski definition) is 4. The van der Waals surface area contributed by atoms with Crippen molar-refractivity contribution in [3.8, 4) is 0 Å². The summed E-state index contributed by atoms with van der Waals surface area (Å²) < 4.78 is 13.2. The van der Waals surface area contributed by atoms with Crippen LogP contribution in [0.4, 0.5) is 4.39 Å². The molecule has 1 saturated heterocycles. The Morgan fingerprint density at radius 1 is 1.43 bits per heavy atom. The van der Waals surface area contributed by atoms with Crippen molar-refractivity contribution in [3.63, 3.8) is 0 Å². The minimum Gasteiger partial charge on any atom is -0.304 e. The minimum absolute atomic E-state index is 0.144. The molecule has 4 nitrogen and oxygen atoms in total. The van der Waals surface area contributed by atoms with Crippen LogP contribution in [-0.4, -0.2) is 55.6 Å². The van der Waals surface area contributed by atoms with Gasteiger partial charge in [-0.05, 0) is 44.6 Å². The predicted molar refractivity (Wildman–Crippen MR) is 84.8 cm³/mol. The number of benzene rings is 1. The Labute approximate surface area is 131 Å². The van der Waals surface area contributed by atoms with Gasteiger partial charge in [0.2, 0.25) is 0 Å². The zero-order valence-electron chi connectivity index (χ0n) is 12.6. The lowest BCUT2D eigenvalue weighted by molar-refractivity contribution is 0.101. The lowest BCUT2D eigenvalue weighted by Gasteiger charge is -2.39. The SMILES string of the molecule is CN1CCN(C)C(CC(Cc2ccc(F)c(Cl)c2)NN)C1. The molecule has 0 amide bonds. The maximum atomic E-state index is 13.2. The molecule has 6 heteroatoms. The molecule has 0 saturated carbocycles. The molecule has 3 N–H and O–H groups in total. The molecule has 1 aliphatic rings. The van der Waals surface area contributed by atoms with Gasteiger partial charge in [-0.1, -0.05) is 17.7 Å². The van der Waals surface area contributed by atoms with Crippen LogP contribution in [0.25, 0.3) is 0 Å². The summed E-state index contributed by atoms with van der Waals surface area (Å²) in [5.41, 5.74) is 3.88. The fourth-order valence-corrected chi connectivity index (χ4v) is 3.05. The van der Waals surface area contributed by atoms with Crippen molar-refractivity contribution in [2.24, 2.45) is 5.84 Å². The highest BCUT2D eigenvalue weighted by molar-refractivity contribution is 6.30. The van der Waals surface area contributed by atoms with E-state index in [1.165, 1.54) is 6.07 Å². The Morgan fingerprint density at radius 3 is 2.86 bits per heavy atom. The topological polar surface area (TPSA) is 44.5 Å². The Morgan fingerprint density at radius 2 is 2.19 bits per heavy atom. The molecular weight excluding hydrogens is 291 g/mol. The first-order valence-electron chi connectivity index (χ1n) is 7.28. The number of nitrogens with one attached hydrogen (secondary N) is 1. The molecule has 0 bridgehead atoms. The van der Waals surface area contributed by atoms with Crippen LogP contribution in [0.3, 0.4) is 0 Å². The van der Waals surface area contributed by atoms with Gasteiger partial charge in [-0.2, -0.15) is 0 Å². The lowest BCUT2D eigenvalue weighted by atomic mass is 9.98. The highest BCUT2D eigenvalue weighted by atomic mass is 35.5. The first-order valence-corrected chi connectivity index (χ1v) is 7.66. The van der Waals surface area contributed by atoms with Crippen LogP contribution in [0, 0.1) is 5.82 Å². The summed E-state index contributed by atoms with van der Waals surface area (Å²) in [6.07, 6.45) is 1.69. The first-order chi connectivity index (χ1) is 9.99. The summed E-state index contributed by atoms with van der Waals surface area (Å²) >= 11 is 5.83. The summed E-state index contributed by atoms with van der Waals surface area (Å²) in [6, 6.07) is 5.47. The number of nitrogens with zero attached hydrogens (tertiary/aromatic N) is 2. The average Bonchev–Trinajstić information content (AvgIpc) is 2.46. The van der Waals surface area contributed by atoms with Gasteiger partial charge in [-0.15, -0.1) is 0 Å². The Bertz CT molecular complexity index is 471. The average molecular weight is 315 g/mol. The zero-order chi connectivity index (χ0) is 15.4. The Hall–Kier alpha value is -0.720. The molecule has 2 rings (SSSR count). The quantitative estimate of drug-likeness (QED) is 0.638. The molecule has 118 valence electrons. The maximum absolute atomic E-state index is 13.2. The van der Waals surface area contributed by atoms with Crippen LogP contribution in [0.5, 0.6) is 0 Å². The van der Waals surface area contributed by atoms with E-state index in [1.807, 2.05) is 0 Å². The third-order valence-electron chi connectivity index (χ3n) is 4.24. The van der Waals surface area contributed by atoms with Gasteiger partial charge < -0.3 is 9.80 Å². The van der Waals surface area contributed by atoms with Crippen molar-refractivity contribution in [1.82, 2.24) is 15.2 Å². The molecule has 0 aromatic heterocycles. The summed E-state index contributed by atoms with van der Waals surface area (Å²) in [4.78, 5) is 4.72. The standard InChI is InChI=1S/C15H24ClFN4/c1-20-5-6-21(2)13(10-20)9-12(19-18)7-11-3-4-15(17)14(16)8-11/h3-4,8,12-13,19H,5-7,9-10,18H2,1-2H3. The van der Waals surface area contributed by atoms with E-state index in [0.717, 1.165) is 38.0 Å². The second-order valence-corrected chi connectivity index (χ2v) is 6.36. The largest absolute Gasteiger partial charge is 0.304 e. The molecule has 1 heterocycles. The van der Waals surface area contributed by atoms with Crippen LogP contribution in [0.15, 0.2) is 18.2 Å². The molecule has 21 heavy (non-hydrogen) atoms. The van der Waals surface area contributed by atoms with Crippen LogP contribution in [0.1, 0.15) is 12.0 Å². The lowest BCUT2D eigenvalue weighted by Crippen LogP contribution is -2.53. The number of hydrogen-bond donors (Lipinski definition) is 2. The van der Waals surface area contributed by atoms with Crippen LogP contribution >= 0.6 is 11.6 Å². The highest BCUT2D eigenvalue weighted by Crippen LogP contribution is 2.19. The molecular formula is C15H24ClFN4. The van der Waals surface area contributed by atoms with E-state index in [-0.39, 0.29) is 16.9 Å².